The molecule has 0 spiro atoms. The van der Waals surface area contributed by atoms with Gasteiger partial charge in [-0.25, -0.2) is 0 Å². The van der Waals surface area contributed by atoms with Crippen molar-refractivity contribution in [3.05, 3.63) is 58.1 Å². The normalized spacial score (nSPS) is 10.8. The highest BCUT2D eigenvalue weighted by Gasteiger charge is 2.15. The molecule has 2 nitrogen and oxygen atoms in total. The molecule has 1 aromatic heterocycles. The Labute approximate surface area is 120 Å². The second-order valence-corrected chi connectivity index (χ2v) is 4.99. The fraction of sp³-hybridized carbons (Fsp3) is 0. The van der Waals surface area contributed by atoms with E-state index in [9.17, 15) is 4.79 Å². The van der Waals surface area contributed by atoms with Gasteiger partial charge in [0, 0.05) is 21.5 Å². The van der Waals surface area contributed by atoms with Crippen molar-refractivity contribution in [3.63, 3.8) is 0 Å². The lowest BCUT2D eigenvalue weighted by Gasteiger charge is -2.02. The number of hydrogen-bond acceptors (Lipinski definition) is 1. The molecular weight excluding hydrogens is 281 g/mol. The largest absolute Gasteiger partial charge is 0.353 e. The van der Waals surface area contributed by atoms with Gasteiger partial charge in [0.05, 0.1) is 16.2 Å². The van der Waals surface area contributed by atoms with E-state index >= 15 is 0 Å². The summed E-state index contributed by atoms with van der Waals surface area (Å²) in [5.41, 5.74) is 2.81. The minimum absolute atomic E-state index is 0.575. The van der Waals surface area contributed by atoms with Crippen LogP contribution < -0.4 is 0 Å². The van der Waals surface area contributed by atoms with Crippen LogP contribution >= 0.6 is 23.2 Å². The minimum atomic E-state index is 0.575. The number of aromatic amines is 1. The monoisotopic (exact) mass is 289 g/mol. The van der Waals surface area contributed by atoms with E-state index in [0.717, 1.165) is 22.8 Å². The Morgan fingerprint density at radius 1 is 0.947 bits per heavy atom. The summed E-state index contributed by atoms with van der Waals surface area (Å²) in [6.07, 6.45) is 0.827. The molecule has 0 saturated heterocycles. The number of halogens is 2. The number of fused-ring (bicyclic) bond motifs is 1. The highest BCUT2D eigenvalue weighted by Crippen LogP contribution is 2.35. The highest BCUT2D eigenvalue weighted by atomic mass is 35.5. The van der Waals surface area contributed by atoms with E-state index < -0.39 is 0 Å². The Morgan fingerprint density at radius 2 is 1.68 bits per heavy atom. The summed E-state index contributed by atoms with van der Waals surface area (Å²) in [6.45, 7) is 0. The van der Waals surface area contributed by atoms with Crippen LogP contribution in [0.25, 0.3) is 22.2 Å². The van der Waals surface area contributed by atoms with E-state index in [-0.39, 0.29) is 0 Å². The van der Waals surface area contributed by atoms with E-state index in [4.69, 9.17) is 23.2 Å². The van der Waals surface area contributed by atoms with E-state index in [1.807, 2.05) is 30.3 Å². The lowest BCUT2D eigenvalue weighted by molar-refractivity contribution is 0.112. The molecule has 0 atom stereocenters. The van der Waals surface area contributed by atoms with Crippen LogP contribution in [0.2, 0.25) is 10.0 Å². The standard InChI is InChI=1S/C15H9Cl2NO/c16-12-6-2-1-4-10(12)14-11(8-19)9-5-3-7-13(17)15(9)18-14/h1-8,18H. The Morgan fingerprint density at radius 3 is 2.42 bits per heavy atom. The lowest BCUT2D eigenvalue weighted by atomic mass is 10.1. The van der Waals surface area contributed by atoms with Crippen molar-refractivity contribution in [2.75, 3.05) is 0 Å². The van der Waals surface area contributed by atoms with Crippen LogP contribution in [0.1, 0.15) is 10.4 Å². The second-order valence-electron chi connectivity index (χ2n) is 4.17. The van der Waals surface area contributed by atoms with Crippen molar-refractivity contribution >= 4 is 40.4 Å². The van der Waals surface area contributed by atoms with Crippen molar-refractivity contribution in [3.8, 4) is 11.3 Å². The molecule has 2 aromatic carbocycles. The maximum absolute atomic E-state index is 11.4. The molecule has 1 N–H and O–H groups in total. The molecule has 0 radical (unpaired) electrons. The summed E-state index contributed by atoms with van der Waals surface area (Å²) in [5.74, 6) is 0. The van der Waals surface area contributed by atoms with Gasteiger partial charge in [0.2, 0.25) is 0 Å². The molecule has 3 rings (SSSR count). The first-order valence-electron chi connectivity index (χ1n) is 5.72. The molecule has 0 aliphatic rings. The number of rotatable bonds is 2. The van der Waals surface area contributed by atoms with E-state index in [1.165, 1.54) is 0 Å². The molecular formula is C15H9Cl2NO. The molecule has 0 unspecified atom stereocenters. The molecule has 3 aromatic rings. The molecule has 0 bridgehead atoms. The van der Waals surface area contributed by atoms with Gasteiger partial charge in [-0.15, -0.1) is 0 Å². The van der Waals surface area contributed by atoms with Crippen LogP contribution in [-0.4, -0.2) is 11.3 Å². The van der Waals surface area contributed by atoms with Gasteiger partial charge in [-0.1, -0.05) is 53.5 Å². The number of H-pyrrole nitrogens is 1. The van der Waals surface area contributed by atoms with E-state index in [1.54, 1.807) is 12.1 Å². The number of nitrogens with one attached hydrogen (secondary N) is 1. The summed E-state index contributed by atoms with van der Waals surface area (Å²) in [4.78, 5) is 14.6. The van der Waals surface area contributed by atoms with Crippen molar-refractivity contribution < 1.29 is 4.79 Å². The molecule has 19 heavy (non-hydrogen) atoms. The maximum Gasteiger partial charge on any atom is 0.152 e. The Kier molecular flexibility index (Phi) is 3.05. The van der Waals surface area contributed by atoms with E-state index in [0.29, 0.717) is 21.3 Å². The fourth-order valence-corrected chi connectivity index (χ4v) is 2.65. The van der Waals surface area contributed by atoms with Crippen LogP contribution in [-0.2, 0) is 0 Å². The number of aromatic nitrogens is 1. The molecule has 0 saturated carbocycles. The number of hydrogen-bond donors (Lipinski definition) is 1. The predicted octanol–water partition coefficient (Wildman–Crippen LogP) is 4.95. The van der Waals surface area contributed by atoms with Crippen molar-refractivity contribution in [2.24, 2.45) is 0 Å². The molecule has 1 heterocycles. The van der Waals surface area contributed by atoms with Gasteiger partial charge in [-0.05, 0) is 12.1 Å². The molecule has 94 valence electrons. The zero-order valence-electron chi connectivity index (χ0n) is 9.78. The van der Waals surface area contributed by atoms with Crippen molar-refractivity contribution in [1.29, 1.82) is 0 Å². The number of carbonyl (C=O) groups excluding carboxylic acids is 1. The minimum Gasteiger partial charge on any atom is -0.353 e. The summed E-state index contributed by atoms with van der Waals surface area (Å²) in [7, 11) is 0. The van der Waals surface area contributed by atoms with Crippen LogP contribution in [0, 0.1) is 0 Å². The third-order valence-electron chi connectivity index (χ3n) is 3.08. The SMILES string of the molecule is O=Cc1c(-c2ccccc2Cl)[nH]c2c(Cl)cccc12. The van der Waals surface area contributed by atoms with E-state index in [2.05, 4.69) is 4.98 Å². The first-order chi connectivity index (χ1) is 9.22. The van der Waals surface area contributed by atoms with Gasteiger partial charge < -0.3 is 4.98 Å². The summed E-state index contributed by atoms with van der Waals surface area (Å²) < 4.78 is 0. The van der Waals surface area contributed by atoms with Crippen LogP contribution in [0.5, 0.6) is 0 Å². The first kappa shape index (κ1) is 12.3. The molecule has 0 amide bonds. The smallest absolute Gasteiger partial charge is 0.152 e. The Balaban J connectivity index is 2.39. The second kappa shape index (κ2) is 4.72. The van der Waals surface area contributed by atoms with Gasteiger partial charge in [0.1, 0.15) is 0 Å². The number of aldehydes is 1. The molecule has 4 heteroatoms. The molecule has 0 aliphatic carbocycles. The number of benzene rings is 2. The van der Waals surface area contributed by atoms with Gasteiger partial charge in [-0.2, -0.15) is 0 Å². The topological polar surface area (TPSA) is 32.9 Å². The van der Waals surface area contributed by atoms with Gasteiger partial charge in [0.25, 0.3) is 0 Å². The quantitative estimate of drug-likeness (QED) is 0.665. The zero-order valence-corrected chi connectivity index (χ0v) is 11.3. The van der Waals surface area contributed by atoms with Crippen molar-refractivity contribution in [2.45, 2.75) is 0 Å². The average Bonchev–Trinajstić information content (AvgIpc) is 2.79. The molecule has 0 aliphatic heterocycles. The summed E-state index contributed by atoms with van der Waals surface area (Å²) in [5, 5.41) is 1.98. The average molecular weight is 290 g/mol. The van der Waals surface area contributed by atoms with Gasteiger partial charge >= 0.3 is 0 Å². The fourth-order valence-electron chi connectivity index (χ4n) is 2.20. The third-order valence-corrected chi connectivity index (χ3v) is 3.73. The molecule has 0 fully saturated rings. The van der Waals surface area contributed by atoms with Crippen LogP contribution in [0.3, 0.4) is 0 Å². The number of para-hydroxylation sites is 1. The number of carbonyl (C=O) groups is 1. The third kappa shape index (κ3) is 1.93. The summed E-state index contributed by atoms with van der Waals surface area (Å²) >= 11 is 12.3. The Hall–Kier alpha value is -1.77. The van der Waals surface area contributed by atoms with Crippen LogP contribution in [0.15, 0.2) is 42.5 Å². The van der Waals surface area contributed by atoms with Crippen molar-refractivity contribution in [1.82, 2.24) is 4.98 Å². The van der Waals surface area contributed by atoms with Gasteiger partial charge in [-0.3, -0.25) is 4.79 Å². The van der Waals surface area contributed by atoms with Crippen LogP contribution in [0.4, 0.5) is 0 Å². The lowest BCUT2D eigenvalue weighted by Crippen LogP contribution is -1.85. The summed E-state index contributed by atoms with van der Waals surface area (Å²) in [6, 6.07) is 12.9. The van der Waals surface area contributed by atoms with Gasteiger partial charge in [0.15, 0.2) is 6.29 Å². The maximum atomic E-state index is 11.4. The predicted molar refractivity (Wildman–Crippen MR) is 79.1 cm³/mol. The Bertz CT molecular complexity index is 777. The zero-order chi connectivity index (χ0) is 13.4. The first-order valence-corrected chi connectivity index (χ1v) is 6.48. The highest BCUT2D eigenvalue weighted by molar-refractivity contribution is 6.36.